The number of hydrogen-bond donors (Lipinski definition) is 3. The van der Waals surface area contributed by atoms with E-state index in [-0.39, 0.29) is 70.1 Å². The molecule has 0 aromatic heterocycles. The van der Waals surface area contributed by atoms with Gasteiger partial charge in [-0.1, -0.05) is 113 Å². The molecule has 10 saturated carbocycles. The molecule has 0 aromatic rings. The molecule has 7 heteroatoms. The van der Waals surface area contributed by atoms with Gasteiger partial charge in [-0.25, -0.2) is 0 Å². The van der Waals surface area contributed by atoms with Crippen LogP contribution in [-0.2, 0) is 19.2 Å². The van der Waals surface area contributed by atoms with E-state index in [9.17, 15) is 9.59 Å². The maximum Gasteiger partial charge on any atom is 0.226 e. The summed E-state index contributed by atoms with van der Waals surface area (Å²) in [6.07, 6.45) is 25.8. The summed E-state index contributed by atoms with van der Waals surface area (Å²) in [5.74, 6) is 4.21. The standard InChI is InChI=1S/C68H109N3O4/c1-41(2)45-23-33-67(37-35-63(13)47(54(45)67)19-21-52-61(11)29-17-27-59(7,8)50(61)25-31-65(52,63)15)57(74)69-39-43(5)56(73)71-49(44(6)72)40-70-58(75)68-34-24-46(42(3)4)55(68)48-20-22-53-62(12)30-18-28-60(9,10)51(62)26-32-66(53,16)64(48,14)36-38-68/h43,45-55H,1,3,17-40H2,2,4-16H3,(H,69,74)(H,70,75)(H,71,73). The zero-order chi connectivity index (χ0) is 54.5. The molecule has 20 atom stereocenters. The number of rotatable bonds is 11. The monoisotopic (exact) mass is 1030 g/mol. The van der Waals surface area contributed by atoms with Crippen LogP contribution in [0.1, 0.15) is 238 Å². The zero-order valence-electron chi connectivity index (χ0n) is 50.4. The van der Waals surface area contributed by atoms with E-state index in [1.807, 2.05) is 6.92 Å². The molecule has 75 heavy (non-hydrogen) atoms. The number of amides is 3. The summed E-state index contributed by atoms with van der Waals surface area (Å²) in [5.41, 5.74) is 3.75. The summed E-state index contributed by atoms with van der Waals surface area (Å²) < 4.78 is 0. The number of nitrogens with one attached hydrogen (secondary N) is 3. The molecule has 0 radical (unpaired) electrons. The van der Waals surface area contributed by atoms with Gasteiger partial charge in [0, 0.05) is 13.1 Å². The Morgan fingerprint density at radius 1 is 0.467 bits per heavy atom. The van der Waals surface area contributed by atoms with Gasteiger partial charge in [0.2, 0.25) is 17.7 Å². The Balaban J connectivity index is 0.800. The minimum absolute atomic E-state index is 0.0698. The second-order valence-corrected chi connectivity index (χ2v) is 32.4. The highest BCUT2D eigenvalue weighted by molar-refractivity contribution is 5.90. The number of Topliss-reactive ketones (excluding diaryl/α,β-unsaturated/α-hetero) is 1. The van der Waals surface area contributed by atoms with Crippen molar-refractivity contribution in [2.75, 3.05) is 13.1 Å². The van der Waals surface area contributed by atoms with Gasteiger partial charge in [-0.2, -0.15) is 0 Å². The molecule has 0 bridgehead atoms. The van der Waals surface area contributed by atoms with E-state index >= 15 is 9.59 Å². The maximum atomic E-state index is 15.1. The topological polar surface area (TPSA) is 104 Å². The van der Waals surface area contributed by atoms with Crippen LogP contribution in [-0.4, -0.2) is 42.6 Å². The molecular weight excluding hydrogens is 923 g/mol. The number of hydrogen-bond acceptors (Lipinski definition) is 4. The van der Waals surface area contributed by atoms with Crippen molar-refractivity contribution in [2.24, 2.45) is 119 Å². The normalized spacial score (nSPS) is 48.7. The first-order chi connectivity index (χ1) is 34.9. The largest absolute Gasteiger partial charge is 0.355 e. The summed E-state index contributed by atoms with van der Waals surface area (Å²) in [4.78, 5) is 57.8. The van der Waals surface area contributed by atoms with E-state index in [1.165, 1.54) is 108 Å². The highest BCUT2D eigenvalue weighted by Gasteiger charge is 2.73. The fourth-order valence-electron chi connectivity index (χ4n) is 24.8. The predicted octanol–water partition coefficient (Wildman–Crippen LogP) is 15.0. The third-order valence-corrected chi connectivity index (χ3v) is 28.8. The Hall–Kier alpha value is -2.44. The summed E-state index contributed by atoms with van der Waals surface area (Å²) in [5, 5.41) is 9.80. The SMILES string of the molecule is C=C(C)C1CCC2(C(=O)NCC(C)C(=O)NC(CNC(=O)C34CCC(C(=C)C)C3C3CCC5C6(C)CCCC(C)(C)C6CCC5(C)C3(C)CC4)C(C)=O)CCC3(C)C(CCC4C5(C)CCCC(C)(C)C5CCC43C)C12. The fraction of sp³-hybridized carbons (Fsp3) is 0.882. The molecule has 10 rings (SSSR count). The molecule has 0 heterocycles. The highest BCUT2D eigenvalue weighted by Crippen LogP contribution is 2.80. The van der Waals surface area contributed by atoms with Gasteiger partial charge >= 0.3 is 0 Å². The van der Waals surface area contributed by atoms with Crippen LogP contribution in [0.2, 0.25) is 0 Å². The van der Waals surface area contributed by atoms with Crippen LogP contribution >= 0.6 is 0 Å². The third-order valence-electron chi connectivity index (χ3n) is 28.8. The summed E-state index contributed by atoms with van der Waals surface area (Å²) in [6, 6.07) is -0.842. The quantitative estimate of drug-likeness (QED) is 0.179. The fourth-order valence-corrected chi connectivity index (χ4v) is 24.8. The first kappa shape index (κ1) is 55.9. The summed E-state index contributed by atoms with van der Waals surface area (Å²) in [7, 11) is 0. The van der Waals surface area contributed by atoms with E-state index in [0.29, 0.717) is 57.2 Å². The number of allylic oxidation sites excluding steroid dienone is 2. The van der Waals surface area contributed by atoms with Gasteiger partial charge in [-0.3, -0.25) is 19.2 Å². The molecule has 0 spiro atoms. The zero-order valence-corrected chi connectivity index (χ0v) is 50.4. The Labute approximate surface area is 457 Å². The lowest BCUT2D eigenvalue weighted by Crippen LogP contribution is -2.66. The van der Waals surface area contributed by atoms with Gasteiger partial charge in [-0.05, 0) is 252 Å². The van der Waals surface area contributed by atoms with Gasteiger partial charge in [0.05, 0.1) is 16.7 Å². The maximum absolute atomic E-state index is 15.1. The molecule has 10 aliphatic rings. The average Bonchev–Trinajstić information content (AvgIpc) is 3.93. The van der Waals surface area contributed by atoms with Crippen LogP contribution in [0.25, 0.3) is 0 Å². The lowest BCUT2D eigenvalue weighted by Gasteiger charge is -2.72. The highest BCUT2D eigenvalue weighted by atomic mass is 16.2. The second kappa shape index (κ2) is 18.6. The minimum atomic E-state index is -0.842. The smallest absolute Gasteiger partial charge is 0.226 e. The Morgan fingerprint density at radius 3 is 1.28 bits per heavy atom. The van der Waals surface area contributed by atoms with Gasteiger partial charge < -0.3 is 16.0 Å². The van der Waals surface area contributed by atoms with Crippen LogP contribution in [0.4, 0.5) is 0 Å². The van der Waals surface area contributed by atoms with Crippen molar-refractivity contribution in [2.45, 2.75) is 244 Å². The molecule has 3 amide bonds. The van der Waals surface area contributed by atoms with E-state index in [2.05, 4.69) is 112 Å². The molecular formula is C68H109N3O4. The molecule has 7 nitrogen and oxygen atoms in total. The lowest BCUT2D eigenvalue weighted by molar-refractivity contribution is -0.235. The summed E-state index contributed by atoms with van der Waals surface area (Å²) >= 11 is 0. The van der Waals surface area contributed by atoms with Crippen LogP contribution < -0.4 is 16.0 Å². The van der Waals surface area contributed by atoms with Crippen molar-refractivity contribution in [1.29, 1.82) is 0 Å². The number of carbonyl (C=O) groups excluding carboxylic acids is 4. The van der Waals surface area contributed by atoms with Crippen molar-refractivity contribution in [1.82, 2.24) is 16.0 Å². The lowest BCUT2D eigenvalue weighted by atomic mass is 9.32. The number of carbonyl (C=O) groups is 4. The van der Waals surface area contributed by atoms with Crippen molar-refractivity contribution in [3.05, 3.63) is 24.3 Å². The predicted molar refractivity (Wildman–Crippen MR) is 305 cm³/mol. The molecule has 420 valence electrons. The molecule has 3 N–H and O–H groups in total. The van der Waals surface area contributed by atoms with E-state index in [1.54, 1.807) is 0 Å². The molecule has 20 unspecified atom stereocenters. The average molecular weight is 1030 g/mol. The van der Waals surface area contributed by atoms with Crippen LogP contribution in [0.3, 0.4) is 0 Å². The van der Waals surface area contributed by atoms with E-state index < -0.39 is 22.8 Å². The Kier molecular flexibility index (Phi) is 13.8. The Bertz CT molecular complexity index is 2330. The van der Waals surface area contributed by atoms with Gasteiger partial charge in [0.15, 0.2) is 5.78 Å². The molecule has 0 aliphatic heterocycles. The molecule has 0 aromatic carbocycles. The first-order valence-corrected chi connectivity index (χ1v) is 31.6. The molecule has 0 saturated heterocycles. The minimum Gasteiger partial charge on any atom is -0.355 e. The third kappa shape index (κ3) is 7.88. The van der Waals surface area contributed by atoms with Gasteiger partial charge in [-0.15, -0.1) is 0 Å². The molecule has 10 fully saturated rings. The summed E-state index contributed by atoms with van der Waals surface area (Å²) in [6.45, 7) is 43.5. The Morgan fingerprint density at radius 2 is 0.880 bits per heavy atom. The van der Waals surface area contributed by atoms with Gasteiger partial charge in [0.25, 0.3) is 0 Å². The van der Waals surface area contributed by atoms with Crippen LogP contribution in [0.15, 0.2) is 24.3 Å². The van der Waals surface area contributed by atoms with Crippen molar-refractivity contribution < 1.29 is 19.2 Å². The first-order valence-electron chi connectivity index (χ1n) is 31.6. The second-order valence-electron chi connectivity index (χ2n) is 32.4. The number of fused-ring (bicyclic) bond motifs is 14. The van der Waals surface area contributed by atoms with Crippen molar-refractivity contribution in [3.63, 3.8) is 0 Å². The van der Waals surface area contributed by atoms with Crippen LogP contribution in [0.5, 0.6) is 0 Å². The van der Waals surface area contributed by atoms with Crippen molar-refractivity contribution >= 4 is 23.5 Å². The van der Waals surface area contributed by atoms with Crippen LogP contribution in [0, 0.1) is 119 Å². The molecule has 10 aliphatic carbocycles. The van der Waals surface area contributed by atoms with Gasteiger partial charge in [0.1, 0.15) is 6.04 Å². The number of ketones is 1. The van der Waals surface area contributed by atoms with E-state index in [0.717, 1.165) is 63.2 Å². The van der Waals surface area contributed by atoms with E-state index in [4.69, 9.17) is 0 Å². The van der Waals surface area contributed by atoms with Crippen molar-refractivity contribution in [3.8, 4) is 0 Å².